The Morgan fingerprint density at radius 3 is 3.06 bits per heavy atom. The number of benzene rings is 1. The molecule has 0 atom stereocenters. The third kappa shape index (κ3) is 1.81. The van der Waals surface area contributed by atoms with E-state index in [0.29, 0.717) is 5.69 Å². The summed E-state index contributed by atoms with van der Waals surface area (Å²) in [6.07, 6.45) is 1.29. The first-order valence-electron chi connectivity index (χ1n) is 5.35. The quantitative estimate of drug-likeness (QED) is 0.629. The van der Waals surface area contributed by atoms with Gasteiger partial charge in [0.1, 0.15) is 12.2 Å². The Kier molecular flexibility index (Phi) is 2.30. The van der Waals surface area contributed by atoms with Crippen LogP contribution >= 0.6 is 0 Å². The van der Waals surface area contributed by atoms with Crippen molar-refractivity contribution in [2.45, 2.75) is 6.92 Å². The van der Waals surface area contributed by atoms with Crippen molar-refractivity contribution >= 4 is 22.6 Å². The molecule has 0 radical (unpaired) electrons. The topological polar surface area (TPSA) is 99.3 Å². The molecule has 1 amide bonds. The van der Waals surface area contributed by atoms with Gasteiger partial charge >= 0.3 is 0 Å². The summed E-state index contributed by atoms with van der Waals surface area (Å²) in [5, 5.41) is 8.86. The minimum Gasteiger partial charge on any atom is -0.342 e. The minimum absolute atomic E-state index is 0.177. The average molecular weight is 242 g/mol. The second-order valence-electron chi connectivity index (χ2n) is 3.84. The van der Waals surface area contributed by atoms with Gasteiger partial charge in [0, 0.05) is 5.69 Å². The highest BCUT2D eigenvalue weighted by Gasteiger charge is 2.09. The van der Waals surface area contributed by atoms with Crippen LogP contribution in [0.5, 0.6) is 0 Å². The van der Waals surface area contributed by atoms with Gasteiger partial charge in [-0.1, -0.05) is 0 Å². The molecule has 0 spiro atoms. The lowest BCUT2D eigenvalue weighted by Gasteiger charge is -2.02. The van der Waals surface area contributed by atoms with E-state index in [2.05, 4.69) is 30.5 Å². The summed E-state index contributed by atoms with van der Waals surface area (Å²) in [4.78, 5) is 22.9. The molecule has 2 aromatic heterocycles. The lowest BCUT2D eigenvalue weighted by atomic mass is 10.2. The van der Waals surface area contributed by atoms with Crippen LogP contribution in [0.2, 0.25) is 0 Å². The van der Waals surface area contributed by atoms with Crippen molar-refractivity contribution in [2.24, 2.45) is 0 Å². The predicted octanol–water partition coefficient (Wildman–Crippen LogP) is 1.24. The van der Waals surface area contributed by atoms with Crippen molar-refractivity contribution in [1.82, 2.24) is 25.1 Å². The third-order valence-electron chi connectivity index (χ3n) is 2.49. The Morgan fingerprint density at radius 1 is 1.39 bits per heavy atom. The minimum atomic E-state index is -0.330. The van der Waals surface area contributed by atoms with E-state index in [9.17, 15) is 4.79 Å². The van der Waals surface area contributed by atoms with Gasteiger partial charge in [0.25, 0.3) is 5.91 Å². The standard InChI is InChI=1S/C11H10N6O/c1-6-14-8-3-2-7(4-9(8)15-6)16-11(18)10-12-5-13-17-10/h2-5H,1H3,(H,14,15)(H,16,18)(H,12,13,17). The number of carbonyl (C=O) groups excluding carboxylic acids is 1. The zero-order chi connectivity index (χ0) is 12.5. The molecule has 3 rings (SSSR count). The number of aromatic nitrogens is 5. The van der Waals surface area contributed by atoms with Crippen LogP contribution in [0.4, 0.5) is 5.69 Å². The molecule has 7 heteroatoms. The molecular formula is C11H10N6O. The number of fused-ring (bicyclic) bond motifs is 1. The number of hydrogen-bond acceptors (Lipinski definition) is 4. The summed E-state index contributed by atoms with van der Waals surface area (Å²) < 4.78 is 0. The smallest absolute Gasteiger partial charge is 0.292 e. The van der Waals surface area contributed by atoms with Crippen molar-refractivity contribution in [3.8, 4) is 0 Å². The fraction of sp³-hybridized carbons (Fsp3) is 0.0909. The molecule has 3 N–H and O–H groups in total. The van der Waals surface area contributed by atoms with Crippen molar-refractivity contribution in [3.63, 3.8) is 0 Å². The van der Waals surface area contributed by atoms with E-state index in [1.807, 2.05) is 19.1 Å². The zero-order valence-electron chi connectivity index (χ0n) is 9.56. The number of carbonyl (C=O) groups is 1. The van der Waals surface area contributed by atoms with E-state index in [1.165, 1.54) is 6.33 Å². The predicted molar refractivity (Wildman–Crippen MR) is 65.2 cm³/mol. The molecule has 0 aliphatic rings. The van der Waals surface area contributed by atoms with Gasteiger partial charge in [-0.05, 0) is 25.1 Å². The number of imidazole rings is 1. The number of rotatable bonds is 2. The summed E-state index contributed by atoms with van der Waals surface area (Å²) in [7, 11) is 0. The molecule has 0 fully saturated rings. The Morgan fingerprint density at radius 2 is 2.28 bits per heavy atom. The van der Waals surface area contributed by atoms with Crippen molar-refractivity contribution in [2.75, 3.05) is 5.32 Å². The van der Waals surface area contributed by atoms with Gasteiger partial charge in [-0.15, -0.1) is 0 Å². The maximum atomic E-state index is 11.7. The number of nitrogens with zero attached hydrogens (tertiary/aromatic N) is 3. The number of aryl methyl sites for hydroxylation is 1. The van der Waals surface area contributed by atoms with Gasteiger partial charge in [0.2, 0.25) is 5.82 Å². The first-order valence-corrected chi connectivity index (χ1v) is 5.35. The SMILES string of the molecule is Cc1nc2ccc(NC(=O)c3ncn[nH]3)cc2[nH]1. The molecule has 2 heterocycles. The van der Waals surface area contributed by atoms with Crippen LogP contribution < -0.4 is 5.32 Å². The van der Waals surface area contributed by atoms with E-state index in [4.69, 9.17) is 0 Å². The van der Waals surface area contributed by atoms with Crippen molar-refractivity contribution in [1.29, 1.82) is 0 Å². The normalized spacial score (nSPS) is 10.7. The van der Waals surface area contributed by atoms with Crippen molar-refractivity contribution < 1.29 is 4.79 Å². The Bertz CT molecular complexity index is 699. The van der Waals surface area contributed by atoms with Crippen LogP contribution in [0.3, 0.4) is 0 Å². The number of anilines is 1. The number of hydrogen-bond donors (Lipinski definition) is 3. The molecule has 18 heavy (non-hydrogen) atoms. The van der Waals surface area contributed by atoms with Crippen molar-refractivity contribution in [3.05, 3.63) is 36.2 Å². The first kappa shape index (κ1) is 10.5. The van der Waals surface area contributed by atoms with Crippen LogP contribution in [-0.4, -0.2) is 31.1 Å². The van der Waals surface area contributed by atoms with E-state index in [-0.39, 0.29) is 11.7 Å². The Labute approximate surface area is 102 Å². The molecule has 0 unspecified atom stereocenters. The summed E-state index contributed by atoms with van der Waals surface area (Å²) in [5.74, 6) is 0.683. The number of nitrogens with one attached hydrogen (secondary N) is 3. The fourth-order valence-corrected chi connectivity index (χ4v) is 1.72. The fourth-order valence-electron chi connectivity index (χ4n) is 1.72. The maximum Gasteiger partial charge on any atom is 0.292 e. The summed E-state index contributed by atoms with van der Waals surface area (Å²) in [6.45, 7) is 1.88. The van der Waals surface area contributed by atoms with Crippen LogP contribution in [0.25, 0.3) is 11.0 Å². The van der Waals surface area contributed by atoms with E-state index in [1.54, 1.807) is 6.07 Å². The number of aromatic amines is 2. The largest absolute Gasteiger partial charge is 0.342 e. The lowest BCUT2D eigenvalue weighted by Crippen LogP contribution is -2.13. The first-order chi connectivity index (χ1) is 8.72. The molecule has 1 aromatic carbocycles. The molecule has 3 aromatic rings. The number of amides is 1. The highest BCUT2D eigenvalue weighted by molar-refractivity contribution is 6.02. The van der Waals surface area contributed by atoms with Crippen LogP contribution in [0, 0.1) is 6.92 Å². The monoisotopic (exact) mass is 242 g/mol. The molecule has 90 valence electrons. The lowest BCUT2D eigenvalue weighted by molar-refractivity contribution is 0.101. The molecule has 0 aliphatic carbocycles. The molecule has 0 saturated heterocycles. The van der Waals surface area contributed by atoms with E-state index < -0.39 is 0 Å². The average Bonchev–Trinajstić information content (AvgIpc) is 2.95. The summed E-state index contributed by atoms with van der Waals surface area (Å²) >= 11 is 0. The van der Waals surface area contributed by atoms with Crippen LogP contribution in [0.1, 0.15) is 16.4 Å². The van der Waals surface area contributed by atoms with Gasteiger partial charge in [-0.25, -0.2) is 9.97 Å². The van der Waals surface area contributed by atoms with Gasteiger partial charge in [-0.3, -0.25) is 9.89 Å². The van der Waals surface area contributed by atoms with Crippen LogP contribution in [-0.2, 0) is 0 Å². The second kappa shape index (κ2) is 3.95. The Hall–Kier alpha value is -2.70. The molecule has 0 saturated carbocycles. The highest BCUT2D eigenvalue weighted by atomic mass is 16.2. The third-order valence-corrected chi connectivity index (χ3v) is 2.49. The summed E-state index contributed by atoms with van der Waals surface area (Å²) in [6, 6.07) is 5.45. The van der Waals surface area contributed by atoms with Gasteiger partial charge in [0.05, 0.1) is 11.0 Å². The second-order valence-corrected chi connectivity index (χ2v) is 3.84. The molecule has 0 aliphatic heterocycles. The van der Waals surface area contributed by atoms with E-state index >= 15 is 0 Å². The Balaban J connectivity index is 1.88. The zero-order valence-corrected chi connectivity index (χ0v) is 9.56. The van der Waals surface area contributed by atoms with Gasteiger partial charge in [0.15, 0.2) is 0 Å². The highest BCUT2D eigenvalue weighted by Crippen LogP contribution is 2.17. The van der Waals surface area contributed by atoms with E-state index in [0.717, 1.165) is 16.9 Å². The summed E-state index contributed by atoms with van der Waals surface area (Å²) in [5.41, 5.74) is 2.42. The van der Waals surface area contributed by atoms with Crippen LogP contribution in [0.15, 0.2) is 24.5 Å². The van der Waals surface area contributed by atoms with Gasteiger partial charge in [-0.2, -0.15) is 5.10 Å². The number of H-pyrrole nitrogens is 2. The van der Waals surface area contributed by atoms with Gasteiger partial charge < -0.3 is 10.3 Å². The molecule has 0 bridgehead atoms. The molecular weight excluding hydrogens is 232 g/mol. The molecule has 7 nitrogen and oxygen atoms in total. The maximum absolute atomic E-state index is 11.7.